The van der Waals surface area contributed by atoms with Gasteiger partial charge in [-0.15, -0.1) is 0 Å². The van der Waals surface area contributed by atoms with E-state index in [0.29, 0.717) is 0 Å². The summed E-state index contributed by atoms with van der Waals surface area (Å²) >= 11 is 2.17. The van der Waals surface area contributed by atoms with Crippen LogP contribution < -0.4 is 0 Å². The molecule has 0 spiro atoms. The van der Waals surface area contributed by atoms with Crippen molar-refractivity contribution in [3.05, 3.63) is 0 Å². The molecule has 0 aromatic rings. The van der Waals surface area contributed by atoms with Gasteiger partial charge in [0, 0.05) is 0 Å². The Balaban J connectivity index is 2.32. The first-order valence-corrected chi connectivity index (χ1v) is 2.34. The minimum atomic E-state index is 0.833. The molecule has 0 saturated carbocycles. The first-order valence-electron chi connectivity index (χ1n) is 1.44. The van der Waals surface area contributed by atoms with Crippen LogP contribution in [0.3, 0.4) is 0 Å². The van der Waals surface area contributed by atoms with E-state index in [1.54, 1.807) is 0 Å². The summed E-state index contributed by atoms with van der Waals surface area (Å²) in [6, 6.07) is 0. The molecule has 4 heavy (non-hydrogen) atoms. The fraction of sp³-hybridized carbons (Fsp3) is 1.00. The molecule has 0 aliphatic heterocycles. The predicted octanol–water partition coefficient (Wildman–Crippen LogP) is 1.36. The molecule has 0 atom stereocenters. The van der Waals surface area contributed by atoms with E-state index in [0.717, 1.165) is 4.22 Å². The van der Waals surface area contributed by atoms with Crippen LogP contribution in [0.4, 0.5) is 0 Å². The summed E-state index contributed by atoms with van der Waals surface area (Å²) in [6.07, 6.45) is 0. The van der Waals surface area contributed by atoms with Gasteiger partial charge in [0.05, 0.1) is 0 Å². The molecule has 0 unspecified atom stereocenters. The van der Waals surface area contributed by atoms with Crippen molar-refractivity contribution in [3.63, 3.8) is 0 Å². The second-order valence-corrected chi connectivity index (χ2v) is 2.96. The maximum atomic E-state index is 2.17. The number of hydrogen-bond donors (Lipinski definition) is 0. The Labute approximate surface area is 39.0 Å². The Morgan fingerprint density at radius 3 is 1.50 bits per heavy atom. The van der Waals surface area contributed by atoms with Crippen LogP contribution in [0.2, 0.25) is 4.22 Å². The van der Waals surface area contributed by atoms with Gasteiger partial charge < -0.3 is 0 Å². The number of hydrogen-bond acceptors (Lipinski definition) is 0. The van der Waals surface area contributed by atoms with Crippen LogP contribution in [0.5, 0.6) is 0 Å². The fourth-order valence-corrected chi connectivity index (χ4v) is 0. The molecule has 0 fully saturated rings. The van der Waals surface area contributed by atoms with Crippen LogP contribution in [0.1, 0.15) is 13.8 Å². The van der Waals surface area contributed by atoms with Gasteiger partial charge in [0.25, 0.3) is 0 Å². The van der Waals surface area contributed by atoms with E-state index in [2.05, 4.69) is 34.3 Å². The van der Waals surface area contributed by atoms with Gasteiger partial charge in [-0.1, -0.05) is 0 Å². The summed E-state index contributed by atoms with van der Waals surface area (Å²) in [5.41, 5.74) is 0. The van der Waals surface area contributed by atoms with Crippen molar-refractivity contribution >= 4 is 0 Å². The Kier molecular flexibility index (Phi) is 2.34. The zero-order chi connectivity index (χ0) is 3.58. The summed E-state index contributed by atoms with van der Waals surface area (Å²) < 4.78 is 0.833. The molecule has 0 saturated heterocycles. The van der Waals surface area contributed by atoms with Gasteiger partial charge in [-0.2, -0.15) is 0 Å². The van der Waals surface area contributed by atoms with Crippen LogP contribution in [0.25, 0.3) is 0 Å². The summed E-state index contributed by atoms with van der Waals surface area (Å²) in [5.74, 6) is 0. The third-order valence-corrected chi connectivity index (χ3v) is 0. The Morgan fingerprint density at radius 1 is 1.50 bits per heavy atom. The second kappa shape index (κ2) is 1.98. The molecular weight excluding hydrogens is 83.9 g/mol. The quantitative estimate of drug-likeness (QED) is 0.395. The Morgan fingerprint density at radius 2 is 1.50 bits per heavy atom. The van der Waals surface area contributed by atoms with E-state index in [9.17, 15) is 0 Å². The normalized spacial score (nSPS) is 8.50. The zero-order valence-electron chi connectivity index (χ0n) is 3.08. The molecule has 0 aliphatic carbocycles. The van der Waals surface area contributed by atoms with E-state index >= 15 is 0 Å². The summed E-state index contributed by atoms with van der Waals surface area (Å²) in [7, 11) is 0. The van der Waals surface area contributed by atoms with E-state index in [4.69, 9.17) is 0 Å². The van der Waals surface area contributed by atoms with Crippen molar-refractivity contribution in [2.75, 3.05) is 0 Å². The van der Waals surface area contributed by atoms with Crippen LogP contribution in [-0.2, 0) is 20.4 Å². The summed E-state index contributed by atoms with van der Waals surface area (Å²) in [4.78, 5) is 0. The van der Waals surface area contributed by atoms with Gasteiger partial charge in [0.15, 0.2) is 0 Å². The van der Waals surface area contributed by atoms with Crippen molar-refractivity contribution < 1.29 is 20.4 Å². The van der Waals surface area contributed by atoms with Gasteiger partial charge in [0.1, 0.15) is 0 Å². The topological polar surface area (TPSA) is 0 Å². The molecule has 0 aromatic heterocycles. The van der Waals surface area contributed by atoms with Crippen molar-refractivity contribution in [2.45, 2.75) is 18.1 Å². The molecule has 23 valence electrons. The van der Waals surface area contributed by atoms with Gasteiger partial charge in [-0.05, 0) is 0 Å². The van der Waals surface area contributed by atoms with E-state index in [1.165, 1.54) is 0 Å². The van der Waals surface area contributed by atoms with Crippen molar-refractivity contribution in [1.29, 1.82) is 0 Å². The Bertz CT molecular complexity index is 8.00. The molecule has 1 heteroatoms. The molecule has 0 aromatic carbocycles. The third kappa shape index (κ3) is 15.6. The fourth-order valence-electron chi connectivity index (χ4n) is 0. The molecule has 0 heterocycles. The molecule has 0 amide bonds. The van der Waals surface area contributed by atoms with Crippen LogP contribution in [0.15, 0.2) is 0 Å². The van der Waals surface area contributed by atoms with Crippen molar-refractivity contribution in [3.8, 4) is 0 Å². The van der Waals surface area contributed by atoms with Gasteiger partial charge in [-0.3, -0.25) is 0 Å². The molecule has 0 bridgehead atoms. The average Bonchev–Trinajstić information content (AvgIpc) is 0.811. The van der Waals surface area contributed by atoms with Crippen LogP contribution in [-0.4, -0.2) is 0 Å². The first-order chi connectivity index (χ1) is 1.73. The zero-order valence-corrected chi connectivity index (χ0v) is 4.64. The van der Waals surface area contributed by atoms with Crippen LogP contribution >= 0.6 is 0 Å². The van der Waals surface area contributed by atoms with Gasteiger partial charge >= 0.3 is 38.5 Å². The third-order valence-electron chi connectivity index (χ3n) is 0. The number of rotatable bonds is 0. The Hall–Kier alpha value is 0.714. The standard InChI is InChI=1S/C3H7.Ti/c1-3-2;/h3H,1-2H3;. The van der Waals surface area contributed by atoms with E-state index in [1.807, 2.05) is 0 Å². The predicted molar refractivity (Wildman–Crippen MR) is 15.1 cm³/mol. The van der Waals surface area contributed by atoms with Crippen molar-refractivity contribution in [1.82, 2.24) is 0 Å². The van der Waals surface area contributed by atoms with E-state index in [-0.39, 0.29) is 0 Å². The molecule has 0 rings (SSSR count). The summed E-state index contributed by atoms with van der Waals surface area (Å²) in [5, 5.41) is 0. The first kappa shape index (κ1) is 4.71. The monoisotopic (exact) mass is 91.0 g/mol. The maximum absolute atomic E-state index is 2.17. The molecule has 0 N–H and O–H groups in total. The molecule has 0 nitrogen and oxygen atoms in total. The molecule has 0 radical (unpaired) electrons. The average molecular weight is 91.0 g/mol. The SMILES string of the molecule is C[CH](C)[Ti]. The minimum absolute atomic E-state index is 0.833. The van der Waals surface area contributed by atoms with Crippen molar-refractivity contribution in [2.24, 2.45) is 0 Å². The molecule has 0 aliphatic rings. The van der Waals surface area contributed by atoms with Gasteiger partial charge in [-0.25, -0.2) is 0 Å². The van der Waals surface area contributed by atoms with E-state index < -0.39 is 0 Å². The van der Waals surface area contributed by atoms with Gasteiger partial charge in [0.2, 0.25) is 0 Å². The van der Waals surface area contributed by atoms with Crippen LogP contribution in [0, 0.1) is 0 Å². The summed E-state index contributed by atoms with van der Waals surface area (Å²) in [6.45, 7) is 4.33. The second-order valence-electron chi connectivity index (χ2n) is 1.15. The molecular formula is C3H7Ti.